The van der Waals surface area contributed by atoms with Crippen molar-refractivity contribution < 1.29 is 4.79 Å². The van der Waals surface area contributed by atoms with Gasteiger partial charge >= 0.3 is 0 Å². The highest BCUT2D eigenvalue weighted by molar-refractivity contribution is 5.85. The maximum absolute atomic E-state index is 12.3. The first-order valence-corrected chi connectivity index (χ1v) is 5.86. The molecule has 0 N–H and O–H groups in total. The summed E-state index contributed by atoms with van der Waals surface area (Å²) >= 11 is 0. The van der Waals surface area contributed by atoms with Gasteiger partial charge in [0.05, 0.1) is 11.5 Å². The van der Waals surface area contributed by atoms with Crippen LogP contribution in [0.2, 0.25) is 0 Å². The van der Waals surface area contributed by atoms with Crippen LogP contribution in [0.15, 0.2) is 36.5 Å². The fourth-order valence-corrected chi connectivity index (χ4v) is 2.18. The zero-order valence-corrected chi connectivity index (χ0v) is 10.1. The van der Waals surface area contributed by atoms with Gasteiger partial charge in [-0.2, -0.15) is 0 Å². The molecule has 1 fully saturated rings. The zero-order valence-electron chi connectivity index (χ0n) is 10.1. The van der Waals surface area contributed by atoms with Crippen molar-refractivity contribution in [2.24, 2.45) is 5.41 Å². The summed E-state index contributed by atoms with van der Waals surface area (Å²) in [5.74, 6) is 0.201. The SMILES string of the molecule is C=CC(C)(C)C(=O)N1CCC1C1=CC=CC1. The third-order valence-corrected chi connectivity index (χ3v) is 3.57. The topological polar surface area (TPSA) is 20.3 Å². The van der Waals surface area contributed by atoms with Crippen LogP contribution in [0.5, 0.6) is 0 Å². The van der Waals surface area contributed by atoms with E-state index < -0.39 is 5.41 Å². The first-order valence-electron chi connectivity index (χ1n) is 5.86. The Bertz CT molecular complexity index is 376. The first kappa shape index (κ1) is 11.2. The number of nitrogens with zero attached hydrogens (tertiary/aromatic N) is 1. The van der Waals surface area contributed by atoms with Crippen molar-refractivity contribution in [3.8, 4) is 0 Å². The van der Waals surface area contributed by atoms with Gasteiger partial charge in [0.2, 0.25) is 5.91 Å². The molecule has 2 aliphatic rings. The average molecular weight is 217 g/mol. The highest BCUT2D eigenvalue weighted by Gasteiger charge is 2.39. The molecule has 1 aliphatic carbocycles. The van der Waals surface area contributed by atoms with Crippen LogP contribution in [-0.4, -0.2) is 23.4 Å². The van der Waals surface area contributed by atoms with Gasteiger partial charge in [-0.1, -0.05) is 24.3 Å². The number of carbonyl (C=O) groups excluding carboxylic acids is 1. The van der Waals surface area contributed by atoms with Crippen molar-refractivity contribution in [1.82, 2.24) is 4.90 Å². The lowest BCUT2D eigenvalue weighted by molar-refractivity contribution is -0.144. The predicted octanol–water partition coefficient (Wildman–Crippen LogP) is 2.69. The molecular weight excluding hydrogens is 198 g/mol. The van der Waals surface area contributed by atoms with Gasteiger partial charge in [0.25, 0.3) is 0 Å². The van der Waals surface area contributed by atoms with E-state index in [4.69, 9.17) is 0 Å². The summed E-state index contributed by atoms with van der Waals surface area (Å²) < 4.78 is 0. The van der Waals surface area contributed by atoms with Gasteiger partial charge < -0.3 is 4.90 Å². The van der Waals surface area contributed by atoms with Crippen LogP contribution >= 0.6 is 0 Å². The lowest BCUT2D eigenvalue weighted by Crippen LogP contribution is -2.55. The first-order chi connectivity index (χ1) is 7.56. The Morgan fingerprint density at radius 1 is 1.62 bits per heavy atom. The molecule has 1 aliphatic heterocycles. The van der Waals surface area contributed by atoms with Gasteiger partial charge in [0.15, 0.2) is 0 Å². The van der Waals surface area contributed by atoms with Gasteiger partial charge in [-0.15, -0.1) is 6.58 Å². The molecule has 0 radical (unpaired) electrons. The van der Waals surface area contributed by atoms with Crippen LogP contribution < -0.4 is 0 Å². The van der Waals surface area contributed by atoms with Crippen molar-refractivity contribution >= 4 is 5.91 Å². The third-order valence-electron chi connectivity index (χ3n) is 3.57. The van der Waals surface area contributed by atoms with Gasteiger partial charge in [0, 0.05) is 6.54 Å². The van der Waals surface area contributed by atoms with Crippen molar-refractivity contribution in [1.29, 1.82) is 0 Å². The van der Waals surface area contributed by atoms with E-state index in [1.165, 1.54) is 5.57 Å². The summed E-state index contributed by atoms with van der Waals surface area (Å²) in [6.45, 7) is 8.49. The number of rotatable bonds is 3. The summed E-state index contributed by atoms with van der Waals surface area (Å²) in [4.78, 5) is 14.2. The van der Waals surface area contributed by atoms with E-state index in [1.807, 2.05) is 18.7 Å². The fourth-order valence-electron chi connectivity index (χ4n) is 2.18. The molecule has 16 heavy (non-hydrogen) atoms. The molecule has 0 aromatic heterocycles. The lowest BCUT2D eigenvalue weighted by Gasteiger charge is -2.45. The van der Waals surface area contributed by atoms with E-state index in [-0.39, 0.29) is 5.91 Å². The van der Waals surface area contributed by atoms with Gasteiger partial charge in [-0.3, -0.25) is 4.79 Å². The Morgan fingerprint density at radius 2 is 2.38 bits per heavy atom. The minimum Gasteiger partial charge on any atom is -0.335 e. The largest absolute Gasteiger partial charge is 0.335 e. The van der Waals surface area contributed by atoms with Crippen LogP contribution in [0, 0.1) is 5.41 Å². The van der Waals surface area contributed by atoms with Crippen molar-refractivity contribution in [3.63, 3.8) is 0 Å². The van der Waals surface area contributed by atoms with E-state index in [9.17, 15) is 4.79 Å². The molecule has 0 aromatic rings. The molecule has 0 bridgehead atoms. The summed E-state index contributed by atoms with van der Waals surface area (Å²) in [6.07, 6.45) is 10.2. The van der Waals surface area contributed by atoms with E-state index in [0.29, 0.717) is 6.04 Å². The van der Waals surface area contributed by atoms with Crippen LogP contribution in [0.3, 0.4) is 0 Å². The van der Waals surface area contributed by atoms with Gasteiger partial charge in [-0.05, 0) is 32.3 Å². The minimum absolute atomic E-state index is 0.201. The minimum atomic E-state index is -0.439. The Kier molecular flexibility index (Phi) is 2.75. The van der Waals surface area contributed by atoms with Crippen molar-refractivity contribution in [2.75, 3.05) is 6.54 Å². The van der Waals surface area contributed by atoms with Gasteiger partial charge in [0.1, 0.15) is 0 Å². The molecule has 2 nitrogen and oxygen atoms in total. The maximum Gasteiger partial charge on any atom is 0.232 e. The Hall–Kier alpha value is -1.31. The standard InChI is InChI=1S/C14H19NO/c1-4-14(2,3)13(16)15-10-9-12(15)11-7-5-6-8-11/h4-7,12H,1,8-10H2,2-3H3. The monoisotopic (exact) mass is 217 g/mol. The number of amides is 1. The third kappa shape index (κ3) is 1.73. The average Bonchev–Trinajstić information content (AvgIpc) is 2.69. The molecule has 86 valence electrons. The van der Waals surface area contributed by atoms with E-state index in [2.05, 4.69) is 24.8 Å². The number of allylic oxidation sites excluding steroid dienone is 3. The summed E-state index contributed by atoms with van der Waals surface area (Å²) in [5.41, 5.74) is 0.935. The Morgan fingerprint density at radius 3 is 2.81 bits per heavy atom. The maximum atomic E-state index is 12.3. The molecule has 1 saturated heterocycles. The molecule has 0 aromatic carbocycles. The quantitative estimate of drug-likeness (QED) is 0.666. The number of carbonyl (C=O) groups is 1. The second-order valence-corrected chi connectivity index (χ2v) is 5.10. The summed E-state index contributed by atoms with van der Waals surface area (Å²) in [5, 5.41) is 0. The molecule has 1 amide bonds. The number of hydrogen-bond acceptors (Lipinski definition) is 1. The lowest BCUT2D eigenvalue weighted by atomic mass is 9.86. The van der Waals surface area contributed by atoms with Crippen LogP contribution in [0.1, 0.15) is 26.7 Å². The molecule has 0 saturated carbocycles. The van der Waals surface area contributed by atoms with Crippen LogP contribution in [0.25, 0.3) is 0 Å². The van der Waals surface area contributed by atoms with E-state index in [1.54, 1.807) is 6.08 Å². The van der Waals surface area contributed by atoms with Crippen LogP contribution in [-0.2, 0) is 4.79 Å². The highest BCUT2D eigenvalue weighted by Crippen LogP contribution is 2.33. The molecular formula is C14H19NO. The zero-order chi connectivity index (χ0) is 11.8. The molecule has 2 heteroatoms. The second kappa shape index (κ2) is 3.93. The highest BCUT2D eigenvalue weighted by atomic mass is 16.2. The molecule has 1 heterocycles. The Labute approximate surface area is 97.3 Å². The molecule has 2 rings (SSSR count). The summed E-state index contributed by atoms with van der Waals surface area (Å²) in [6, 6.07) is 0.335. The Balaban J connectivity index is 2.06. The molecule has 0 spiro atoms. The fraction of sp³-hybridized carbons (Fsp3) is 0.500. The van der Waals surface area contributed by atoms with Crippen molar-refractivity contribution in [3.05, 3.63) is 36.5 Å². The molecule has 1 atom stereocenters. The number of likely N-dealkylation sites (tertiary alicyclic amines) is 1. The molecule has 1 unspecified atom stereocenters. The number of hydrogen-bond donors (Lipinski definition) is 0. The van der Waals surface area contributed by atoms with E-state index >= 15 is 0 Å². The van der Waals surface area contributed by atoms with Gasteiger partial charge in [-0.25, -0.2) is 0 Å². The van der Waals surface area contributed by atoms with Crippen LogP contribution in [0.4, 0.5) is 0 Å². The predicted molar refractivity (Wildman–Crippen MR) is 65.9 cm³/mol. The second-order valence-electron chi connectivity index (χ2n) is 5.10. The van der Waals surface area contributed by atoms with Crippen molar-refractivity contribution in [2.45, 2.75) is 32.7 Å². The normalized spacial score (nSPS) is 24.0. The smallest absolute Gasteiger partial charge is 0.232 e. The van der Waals surface area contributed by atoms with E-state index in [0.717, 1.165) is 19.4 Å². The summed E-state index contributed by atoms with van der Waals surface area (Å²) in [7, 11) is 0.